The molecular formula is C21H14N3O2. The van der Waals surface area contributed by atoms with Crippen LogP contribution in [0.25, 0.3) is 11.0 Å². The molecule has 0 saturated carbocycles. The zero-order valence-corrected chi connectivity index (χ0v) is 13.7. The molecule has 5 nitrogen and oxygen atoms in total. The van der Waals surface area contributed by atoms with E-state index in [0.29, 0.717) is 22.4 Å². The molecule has 1 aromatic heterocycles. The van der Waals surface area contributed by atoms with Crippen LogP contribution in [-0.2, 0) is 5.72 Å². The number of hydrogen-bond donors (Lipinski definition) is 2. The Hall–Kier alpha value is -3.44. The normalized spacial score (nSPS) is 19.1. The maximum atomic E-state index is 13.1. The summed E-state index contributed by atoms with van der Waals surface area (Å²) in [5.74, 6) is -0.231. The molecule has 1 radical (unpaired) electrons. The van der Waals surface area contributed by atoms with Gasteiger partial charge in [-0.2, -0.15) is 0 Å². The van der Waals surface area contributed by atoms with Gasteiger partial charge in [-0.1, -0.05) is 42.5 Å². The van der Waals surface area contributed by atoms with Crippen molar-refractivity contribution in [3.63, 3.8) is 0 Å². The van der Waals surface area contributed by atoms with Crippen molar-refractivity contribution in [3.05, 3.63) is 95.8 Å². The SMILES string of the molecule is O=C1c2ccccc2C(O)(c2ccc3n[c][nH]c3c2)N1c1ccccc1. The lowest BCUT2D eigenvalue weighted by Crippen LogP contribution is -2.45. The van der Waals surface area contributed by atoms with Crippen LogP contribution < -0.4 is 4.90 Å². The van der Waals surface area contributed by atoms with Crippen molar-refractivity contribution in [3.8, 4) is 0 Å². The van der Waals surface area contributed by atoms with Gasteiger partial charge in [0.15, 0.2) is 12.1 Å². The van der Waals surface area contributed by atoms with Crippen LogP contribution in [0.1, 0.15) is 21.5 Å². The van der Waals surface area contributed by atoms with Crippen LogP contribution in [0.3, 0.4) is 0 Å². The van der Waals surface area contributed by atoms with Gasteiger partial charge in [-0.25, -0.2) is 4.98 Å². The summed E-state index contributed by atoms with van der Waals surface area (Å²) in [7, 11) is 0. The summed E-state index contributed by atoms with van der Waals surface area (Å²) in [5, 5.41) is 11.9. The minimum Gasteiger partial charge on any atom is -0.363 e. The molecule has 5 rings (SSSR count). The summed E-state index contributed by atoms with van der Waals surface area (Å²) in [6, 6.07) is 21.8. The summed E-state index contributed by atoms with van der Waals surface area (Å²) >= 11 is 0. The molecule has 3 aromatic carbocycles. The van der Waals surface area contributed by atoms with E-state index in [1.54, 1.807) is 24.3 Å². The van der Waals surface area contributed by atoms with E-state index in [9.17, 15) is 9.90 Å². The smallest absolute Gasteiger partial charge is 0.261 e. The van der Waals surface area contributed by atoms with Crippen LogP contribution in [0.5, 0.6) is 0 Å². The lowest BCUT2D eigenvalue weighted by atomic mass is 9.93. The number of hydrogen-bond acceptors (Lipinski definition) is 3. The topological polar surface area (TPSA) is 69.2 Å². The van der Waals surface area contributed by atoms with Crippen molar-refractivity contribution >= 4 is 22.6 Å². The van der Waals surface area contributed by atoms with Crippen LogP contribution in [0.15, 0.2) is 72.8 Å². The highest BCUT2D eigenvalue weighted by Crippen LogP contribution is 2.45. The quantitative estimate of drug-likeness (QED) is 0.589. The molecule has 125 valence electrons. The van der Waals surface area contributed by atoms with Gasteiger partial charge in [-0.3, -0.25) is 9.69 Å². The molecule has 0 bridgehead atoms. The van der Waals surface area contributed by atoms with E-state index in [1.165, 1.54) is 4.90 Å². The van der Waals surface area contributed by atoms with Crippen LogP contribution in [0, 0.1) is 6.33 Å². The van der Waals surface area contributed by atoms with Gasteiger partial charge in [0, 0.05) is 22.4 Å². The fraction of sp³-hybridized carbons (Fsp3) is 0.0476. The maximum Gasteiger partial charge on any atom is 0.261 e. The van der Waals surface area contributed by atoms with Crippen LogP contribution in [-0.4, -0.2) is 21.0 Å². The Bertz CT molecular complexity index is 1140. The Balaban J connectivity index is 1.80. The van der Waals surface area contributed by atoms with Gasteiger partial charge < -0.3 is 10.1 Å². The summed E-state index contributed by atoms with van der Waals surface area (Å²) in [6.45, 7) is 0. The fourth-order valence-electron chi connectivity index (χ4n) is 3.63. The van der Waals surface area contributed by atoms with E-state index in [2.05, 4.69) is 16.3 Å². The molecule has 2 heterocycles. The predicted molar refractivity (Wildman–Crippen MR) is 97.6 cm³/mol. The van der Waals surface area contributed by atoms with Gasteiger partial charge in [0.2, 0.25) is 0 Å². The Morgan fingerprint density at radius 3 is 2.62 bits per heavy atom. The molecule has 0 saturated heterocycles. The second kappa shape index (κ2) is 5.28. The minimum absolute atomic E-state index is 0.231. The number of aromatic amines is 1. The number of anilines is 1. The predicted octanol–water partition coefficient (Wildman–Crippen LogP) is 3.22. The number of carbonyl (C=O) groups is 1. The van der Waals surface area contributed by atoms with E-state index >= 15 is 0 Å². The number of para-hydroxylation sites is 1. The number of H-pyrrole nitrogens is 1. The van der Waals surface area contributed by atoms with Crippen LogP contribution in [0.2, 0.25) is 0 Å². The number of aliphatic hydroxyl groups is 1. The zero-order valence-electron chi connectivity index (χ0n) is 13.7. The standard InChI is InChI=1S/C21H14N3O2/c25-20-16-8-4-5-9-17(16)21(26,24(20)15-6-2-1-3-7-15)14-10-11-18-19(12-14)23-13-22-18/h1-12,26H,(H,22,23). The third-order valence-corrected chi connectivity index (χ3v) is 4.84. The first-order chi connectivity index (χ1) is 12.7. The van der Waals surface area contributed by atoms with Crippen molar-refractivity contribution in [1.29, 1.82) is 0 Å². The molecule has 0 fully saturated rings. The Morgan fingerprint density at radius 1 is 1.00 bits per heavy atom. The number of amides is 1. The average molecular weight is 340 g/mol. The van der Waals surface area contributed by atoms with Crippen molar-refractivity contribution in [2.24, 2.45) is 0 Å². The van der Waals surface area contributed by atoms with Gasteiger partial charge in [0.1, 0.15) is 0 Å². The molecule has 1 amide bonds. The molecule has 1 aliphatic heterocycles. The van der Waals surface area contributed by atoms with Crippen molar-refractivity contribution in [2.75, 3.05) is 4.90 Å². The monoisotopic (exact) mass is 340 g/mol. The number of nitrogens with one attached hydrogen (secondary N) is 1. The molecule has 2 N–H and O–H groups in total. The number of aromatic nitrogens is 2. The number of imidazole rings is 1. The highest BCUT2D eigenvalue weighted by molar-refractivity contribution is 6.12. The molecular weight excluding hydrogens is 326 g/mol. The summed E-state index contributed by atoms with van der Waals surface area (Å²) < 4.78 is 0. The summed E-state index contributed by atoms with van der Waals surface area (Å²) in [5.41, 5.74) is 2.18. The van der Waals surface area contributed by atoms with Gasteiger partial charge in [-0.15, -0.1) is 0 Å². The van der Waals surface area contributed by atoms with E-state index in [-0.39, 0.29) is 5.91 Å². The molecule has 1 aliphatic rings. The Morgan fingerprint density at radius 2 is 1.77 bits per heavy atom. The molecule has 1 atom stereocenters. The van der Waals surface area contributed by atoms with Crippen LogP contribution >= 0.6 is 0 Å². The number of fused-ring (bicyclic) bond motifs is 2. The minimum atomic E-state index is -1.60. The average Bonchev–Trinajstić information content (AvgIpc) is 3.24. The maximum absolute atomic E-state index is 13.1. The number of nitrogens with zero attached hydrogens (tertiary/aromatic N) is 2. The third-order valence-electron chi connectivity index (χ3n) is 4.84. The third kappa shape index (κ3) is 1.89. The fourth-order valence-corrected chi connectivity index (χ4v) is 3.63. The number of benzene rings is 3. The highest BCUT2D eigenvalue weighted by Gasteiger charge is 2.50. The first-order valence-electron chi connectivity index (χ1n) is 8.27. The number of rotatable bonds is 2. The second-order valence-corrected chi connectivity index (χ2v) is 6.27. The molecule has 5 heteroatoms. The van der Waals surface area contributed by atoms with Gasteiger partial charge >= 0.3 is 0 Å². The first-order valence-corrected chi connectivity index (χ1v) is 8.27. The van der Waals surface area contributed by atoms with Crippen molar-refractivity contribution in [1.82, 2.24) is 9.97 Å². The van der Waals surface area contributed by atoms with Gasteiger partial charge in [0.05, 0.1) is 11.0 Å². The van der Waals surface area contributed by atoms with Crippen molar-refractivity contribution in [2.45, 2.75) is 5.72 Å². The van der Waals surface area contributed by atoms with Crippen molar-refractivity contribution < 1.29 is 9.90 Å². The molecule has 26 heavy (non-hydrogen) atoms. The Labute approximate surface area is 149 Å². The van der Waals surface area contributed by atoms with E-state index in [1.807, 2.05) is 48.5 Å². The van der Waals surface area contributed by atoms with E-state index < -0.39 is 5.72 Å². The highest BCUT2D eigenvalue weighted by atomic mass is 16.3. The van der Waals surface area contributed by atoms with E-state index in [0.717, 1.165) is 11.0 Å². The lowest BCUT2D eigenvalue weighted by Gasteiger charge is -2.34. The van der Waals surface area contributed by atoms with Gasteiger partial charge in [0.25, 0.3) is 5.91 Å². The van der Waals surface area contributed by atoms with Crippen LogP contribution in [0.4, 0.5) is 5.69 Å². The summed E-state index contributed by atoms with van der Waals surface area (Å²) in [4.78, 5) is 21.6. The van der Waals surface area contributed by atoms with Gasteiger partial charge in [-0.05, 0) is 30.3 Å². The number of carbonyl (C=O) groups excluding carboxylic acids is 1. The molecule has 0 spiro atoms. The van der Waals surface area contributed by atoms with E-state index in [4.69, 9.17) is 0 Å². The first kappa shape index (κ1) is 14.9. The lowest BCUT2D eigenvalue weighted by molar-refractivity contribution is 0.0704. The second-order valence-electron chi connectivity index (χ2n) is 6.27. The molecule has 1 unspecified atom stereocenters. The summed E-state index contributed by atoms with van der Waals surface area (Å²) in [6.07, 6.45) is 2.70. The Kier molecular flexibility index (Phi) is 3.02. The molecule has 0 aliphatic carbocycles. The molecule has 4 aromatic rings. The zero-order chi connectivity index (χ0) is 17.7. The largest absolute Gasteiger partial charge is 0.363 e.